The largest absolute Gasteiger partial charge is 0.496 e. The predicted octanol–water partition coefficient (Wildman–Crippen LogP) is 5.31. The van der Waals surface area contributed by atoms with E-state index in [1.807, 2.05) is 37.4 Å². The fraction of sp³-hybridized carbons (Fsp3) is 0.304. The van der Waals surface area contributed by atoms with Gasteiger partial charge in [-0.3, -0.25) is 5.32 Å². The van der Waals surface area contributed by atoms with Gasteiger partial charge in [-0.2, -0.15) is 4.37 Å². The monoisotopic (exact) mass is 442 g/mol. The maximum Gasteiger partial charge on any atom is 0.411 e. The minimum absolute atomic E-state index is 0.164. The number of nitrogens with zero attached hydrogens (tertiary/aromatic N) is 1. The number of carbonyl (C=O) groups excluding carboxylic acids is 1. The zero-order valence-electron chi connectivity index (χ0n) is 18.3. The second-order valence-electron chi connectivity index (χ2n) is 6.86. The number of benzene rings is 2. The maximum atomic E-state index is 12.1. The van der Waals surface area contributed by atoms with Crippen LogP contribution in [0, 0.1) is 13.8 Å². The molecule has 0 saturated heterocycles. The molecule has 0 radical (unpaired) electrons. The molecule has 0 unspecified atom stereocenters. The Labute approximate surface area is 186 Å². The molecule has 31 heavy (non-hydrogen) atoms. The predicted molar refractivity (Wildman–Crippen MR) is 122 cm³/mol. The number of rotatable bonds is 8. The molecular weight excluding hydrogens is 416 g/mol. The smallest absolute Gasteiger partial charge is 0.411 e. The van der Waals surface area contributed by atoms with Crippen molar-refractivity contribution in [2.24, 2.45) is 0 Å². The third kappa shape index (κ3) is 5.15. The van der Waals surface area contributed by atoms with Crippen LogP contribution >= 0.6 is 11.5 Å². The molecule has 0 aliphatic heterocycles. The molecule has 0 aliphatic rings. The SMILES string of the molecule is COCCOC(=O)Nc1cc(-c2cnsc2-c2cc(C)c(C)c(OC)c2)ccc1OC. The number of nitrogens with one attached hydrogen (secondary N) is 1. The van der Waals surface area contributed by atoms with Gasteiger partial charge in [-0.15, -0.1) is 0 Å². The molecule has 0 saturated carbocycles. The summed E-state index contributed by atoms with van der Waals surface area (Å²) in [7, 11) is 4.77. The average molecular weight is 443 g/mol. The molecule has 0 fully saturated rings. The molecule has 0 bridgehead atoms. The summed E-state index contributed by atoms with van der Waals surface area (Å²) in [5, 5.41) is 2.74. The highest BCUT2D eigenvalue weighted by Crippen LogP contribution is 2.40. The molecule has 1 heterocycles. The van der Waals surface area contributed by atoms with Gasteiger partial charge >= 0.3 is 6.09 Å². The third-order valence-electron chi connectivity index (χ3n) is 4.94. The van der Waals surface area contributed by atoms with Crippen molar-refractivity contribution in [2.45, 2.75) is 13.8 Å². The Morgan fingerprint density at radius 1 is 1.00 bits per heavy atom. The Morgan fingerprint density at radius 2 is 1.77 bits per heavy atom. The van der Waals surface area contributed by atoms with E-state index >= 15 is 0 Å². The van der Waals surface area contributed by atoms with Gasteiger partial charge in [0.15, 0.2) is 0 Å². The Morgan fingerprint density at radius 3 is 2.48 bits per heavy atom. The molecule has 2 aromatic carbocycles. The summed E-state index contributed by atoms with van der Waals surface area (Å²) in [6.45, 7) is 4.59. The van der Waals surface area contributed by atoms with E-state index in [1.54, 1.807) is 21.3 Å². The van der Waals surface area contributed by atoms with Crippen LogP contribution in [0.5, 0.6) is 11.5 Å². The van der Waals surface area contributed by atoms with E-state index in [0.29, 0.717) is 18.0 Å². The van der Waals surface area contributed by atoms with Crippen LogP contribution in [0.2, 0.25) is 0 Å². The second-order valence-corrected chi connectivity index (χ2v) is 7.66. The van der Waals surface area contributed by atoms with Crippen LogP contribution in [0.4, 0.5) is 10.5 Å². The molecule has 3 rings (SSSR count). The lowest BCUT2D eigenvalue weighted by Gasteiger charge is -2.14. The van der Waals surface area contributed by atoms with Crippen molar-refractivity contribution in [3.05, 3.63) is 47.7 Å². The Bertz CT molecular complexity index is 1060. The van der Waals surface area contributed by atoms with Gasteiger partial charge in [-0.05, 0) is 65.8 Å². The van der Waals surface area contributed by atoms with Crippen molar-refractivity contribution in [1.82, 2.24) is 4.37 Å². The van der Waals surface area contributed by atoms with Gasteiger partial charge in [-0.1, -0.05) is 12.1 Å². The Hall–Kier alpha value is -3.10. The summed E-state index contributed by atoms with van der Waals surface area (Å²) < 4.78 is 25.3. The summed E-state index contributed by atoms with van der Waals surface area (Å²) >= 11 is 1.41. The number of carbonyl (C=O) groups is 1. The normalized spacial score (nSPS) is 10.6. The second kappa shape index (κ2) is 10.3. The van der Waals surface area contributed by atoms with Crippen LogP contribution in [0.3, 0.4) is 0 Å². The van der Waals surface area contributed by atoms with Crippen LogP contribution in [0.1, 0.15) is 11.1 Å². The summed E-state index contributed by atoms with van der Waals surface area (Å²) in [5.41, 5.74) is 5.64. The van der Waals surface area contributed by atoms with Crippen LogP contribution < -0.4 is 14.8 Å². The van der Waals surface area contributed by atoms with Gasteiger partial charge < -0.3 is 18.9 Å². The molecule has 3 aromatic rings. The Balaban J connectivity index is 1.96. The van der Waals surface area contributed by atoms with E-state index in [4.69, 9.17) is 18.9 Å². The molecule has 0 atom stereocenters. The highest BCUT2D eigenvalue weighted by atomic mass is 32.1. The first-order valence-corrected chi connectivity index (χ1v) is 10.5. The molecule has 1 amide bonds. The fourth-order valence-corrected chi connectivity index (χ4v) is 3.92. The number of aromatic nitrogens is 1. The number of hydrogen-bond acceptors (Lipinski definition) is 7. The zero-order valence-corrected chi connectivity index (χ0v) is 19.1. The zero-order chi connectivity index (χ0) is 22.4. The van der Waals surface area contributed by atoms with Crippen molar-refractivity contribution in [1.29, 1.82) is 0 Å². The van der Waals surface area contributed by atoms with Gasteiger partial charge in [0, 0.05) is 18.9 Å². The maximum absolute atomic E-state index is 12.1. The lowest BCUT2D eigenvalue weighted by Crippen LogP contribution is -2.16. The van der Waals surface area contributed by atoms with E-state index in [1.165, 1.54) is 11.5 Å². The molecule has 8 heteroatoms. The first-order valence-electron chi connectivity index (χ1n) is 9.69. The van der Waals surface area contributed by atoms with E-state index in [-0.39, 0.29) is 6.61 Å². The fourth-order valence-electron chi connectivity index (χ4n) is 3.16. The standard InChI is InChI=1S/C23H26N2O5S/c1-14-10-17(12-21(29-5)15(14)2)22-18(13-24-31-22)16-6-7-20(28-4)19(11-16)25-23(26)30-9-8-27-3/h6-7,10-13H,8-9H2,1-5H3,(H,25,26). The van der Waals surface area contributed by atoms with Gasteiger partial charge in [0.25, 0.3) is 0 Å². The van der Waals surface area contributed by atoms with Gasteiger partial charge in [0.1, 0.15) is 18.1 Å². The van der Waals surface area contributed by atoms with Crippen LogP contribution in [0.15, 0.2) is 36.5 Å². The summed E-state index contributed by atoms with van der Waals surface area (Å²) in [5.74, 6) is 1.37. The van der Waals surface area contributed by atoms with Gasteiger partial charge in [-0.25, -0.2) is 4.79 Å². The molecule has 0 spiro atoms. The molecule has 0 aliphatic carbocycles. The number of anilines is 1. The van der Waals surface area contributed by atoms with E-state index in [0.717, 1.165) is 38.4 Å². The van der Waals surface area contributed by atoms with Gasteiger partial charge in [0.2, 0.25) is 0 Å². The molecule has 1 aromatic heterocycles. The number of hydrogen-bond donors (Lipinski definition) is 1. The van der Waals surface area contributed by atoms with Crippen molar-refractivity contribution in [3.63, 3.8) is 0 Å². The lowest BCUT2D eigenvalue weighted by molar-refractivity contribution is 0.107. The van der Waals surface area contributed by atoms with Crippen molar-refractivity contribution in [2.75, 3.05) is 39.9 Å². The van der Waals surface area contributed by atoms with E-state index in [2.05, 4.69) is 22.7 Å². The molecular formula is C23H26N2O5S. The molecule has 1 N–H and O–H groups in total. The number of ether oxygens (including phenoxy) is 4. The summed E-state index contributed by atoms with van der Waals surface area (Å²) in [4.78, 5) is 13.1. The molecule has 7 nitrogen and oxygen atoms in total. The van der Waals surface area contributed by atoms with E-state index in [9.17, 15) is 4.79 Å². The average Bonchev–Trinajstić information content (AvgIpc) is 3.25. The number of aryl methyl sites for hydroxylation is 1. The number of methoxy groups -OCH3 is 3. The minimum atomic E-state index is -0.574. The van der Waals surface area contributed by atoms with Crippen LogP contribution in [-0.2, 0) is 9.47 Å². The van der Waals surface area contributed by atoms with Crippen molar-refractivity contribution in [3.8, 4) is 33.1 Å². The van der Waals surface area contributed by atoms with Crippen molar-refractivity contribution < 1.29 is 23.7 Å². The highest BCUT2D eigenvalue weighted by molar-refractivity contribution is 7.10. The van der Waals surface area contributed by atoms with Crippen molar-refractivity contribution >= 4 is 23.3 Å². The topological polar surface area (TPSA) is 78.9 Å². The first-order chi connectivity index (χ1) is 15.0. The number of amides is 1. The minimum Gasteiger partial charge on any atom is -0.496 e. The van der Waals surface area contributed by atoms with Crippen LogP contribution in [-0.4, -0.2) is 45.0 Å². The first kappa shape index (κ1) is 22.6. The van der Waals surface area contributed by atoms with E-state index < -0.39 is 6.09 Å². The van der Waals surface area contributed by atoms with Crippen LogP contribution in [0.25, 0.3) is 21.6 Å². The van der Waals surface area contributed by atoms with Gasteiger partial charge in [0.05, 0.1) is 31.4 Å². The highest BCUT2D eigenvalue weighted by Gasteiger charge is 2.16. The quantitative estimate of drug-likeness (QED) is 0.477. The molecule has 164 valence electrons. The summed E-state index contributed by atoms with van der Waals surface area (Å²) in [6, 6.07) is 9.75. The summed E-state index contributed by atoms with van der Waals surface area (Å²) in [6.07, 6.45) is 1.25. The lowest BCUT2D eigenvalue weighted by atomic mass is 9.99. The third-order valence-corrected chi connectivity index (χ3v) is 5.79. The Kier molecular flexibility index (Phi) is 7.49.